The summed E-state index contributed by atoms with van der Waals surface area (Å²) in [4.78, 5) is 78.3. The number of hydrogen-bond acceptors (Lipinski definition) is 8. The van der Waals surface area contributed by atoms with Gasteiger partial charge in [-0.25, -0.2) is 28.8 Å². The van der Waals surface area contributed by atoms with Crippen molar-refractivity contribution in [2.45, 2.75) is 164 Å². The number of nitrogens with one attached hydrogen (secondary N) is 8. The maximum atomic E-state index is 13.1. The molecular formula is C50H92N10O8. The highest BCUT2D eigenvalue weighted by Crippen LogP contribution is 2.47. The minimum absolute atomic E-state index is 0.0244. The lowest BCUT2D eigenvalue weighted by Gasteiger charge is -2.46. The average Bonchev–Trinajstić information content (AvgIpc) is 3.86. The first-order valence-corrected chi connectivity index (χ1v) is 26.1. The summed E-state index contributed by atoms with van der Waals surface area (Å²) in [6.45, 7) is 25.8. The third kappa shape index (κ3) is 19.9. The number of alkyl carbamates (subject to hydrolysis) is 2. The maximum absolute atomic E-state index is 13.1. The van der Waals surface area contributed by atoms with Gasteiger partial charge >= 0.3 is 36.3 Å². The van der Waals surface area contributed by atoms with Crippen molar-refractivity contribution in [1.29, 1.82) is 0 Å². The molecule has 0 bridgehead atoms. The molecule has 2 saturated carbocycles. The SMILES string of the molecule is CCC(CCOC(=O)NC1CC(C)(C)CC(C)(CNC(=O)NCCN2CCNC2=O)C1)CCC(CC)CC(CC)CCOC(=O)NC1CC(C)(C)CC(C)(CNC(=O)NCCN2CCNC2=O)C1. The van der Waals surface area contributed by atoms with Crippen LogP contribution < -0.4 is 42.5 Å². The molecule has 2 aliphatic carbocycles. The molecule has 0 aromatic heterocycles. The zero-order valence-electron chi connectivity index (χ0n) is 43.4. The van der Waals surface area contributed by atoms with Crippen LogP contribution in [-0.4, -0.2) is 137 Å². The first-order valence-electron chi connectivity index (χ1n) is 26.1. The van der Waals surface area contributed by atoms with Gasteiger partial charge in [0.15, 0.2) is 0 Å². The lowest BCUT2D eigenvalue weighted by Crippen LogP contribution is -2.51. The molecule has 2 aliphatic heterocycles. The molecule has 18 heteroatoms. The van der Waals surface area contributed by atoms with Crippen molar-refractivity contribution in [2.75, 3.05) is 78.7 Å². The highest BCUT2D eigenvalue weighted by Gasteiger charge is 2.43. The molecule has 4 aliphatic rings. The van der Waals surface area contributed by atoms with E-state index in [4.69, 9.17) is 9.47 Å². The Labute approximate surface area is 408 Å². The Morgan fingerprint density at radius 1 is 0.588 bits per heavy atom. The van der Waals surface area contributed by atoms with E-state index >= 15 is 0 Å². The predicted molar refractivity (Wildman–Crippen MR) is 265 cm³/mol. The second kappa shape index (κ2) is 26.6. The van der Waals surface area contributed by atoms with E-state index in [0.717, 1.165) is 89.9 Å². The van der Waals surface area contributed by atoms with Gasteiger partial charge in [-0.15, -0.1) is 0 Å². The van der Waals surface area contributed by atoms with Gasteiger partial charge in [-0.3, -0.25) is 0 Å². The number of urea groups is 4. The Morgan fingerprint density at radius 3 is 1.38 bits per heavy atom. The smallest absolute Gasteiger partial charge is 0.407 e. The zero-order valence-corrected chi connectivity index (χ0v) is 43.4. The number of carbonyl (C=O) groups is 6. The number of rotatable bonds is 26. The molecule has 0 radical (unpaired) electrons. The number of ether oxygens (including phenoxy) is 2. The first kappa shape index (κ1) is 56.2. The highest BCUT2D eigenvalue weighted by molar-refractivity contribution is 5.77. The van der Waals surface area contributed by atoms with Crippen LogP contribution in [0.1, 0.15) is 152 Å². The van der Waals surface area contributed by atoms with Crippen LogP contribution in [0.15, 0.2) is 0 Å². The first-order chi connectivity index (χ1) is 32.1. The van der Waals surface area contributed by atoms with Gasteiger partial charge in [0.05, 0.1) is 13.2 Å². The summed E-state index contributed by atoms with van der Waals surface area (Å²) < 4.78 is 11.5. The molecule has 4 fully saturated rings. The fraction of sp³-hybridized carbons (Fsp3) is 0.880. The number of amides is 10. The lowest BCUT2D eigenvalue weighted by atomic mass is 9.62. The van der Waals surface area contributed by atoms with Crippen molar-refractivity contribution in [2.24, 2.45) is 39.4 Å². The van der Waals surface area contributed by atoms with Crippen molar-refractivity contribution < 1.29 is 38.2 Å². The van der Waals surface area contributed by atoms with E-state index in [-0.39, 0.29) is 70.1 Å². The molecule has 68 heavy (non-hydrogen) atoms. The van der Waals surface area contributed by atoms with E-state index in [1.807, 2.05) is 0 Å². The van der Waals surface area contributed by atoms with Crippen LogP contribution in [0.3, 0.4) is 0 Å². The number of hydrogen-bond donors (Lipinski definition) is 8. The largest absolute Gasteiger partial charge is 0.450 e. The van der Waals surface area contributed by atoms with E-state index in [1.165, 1.54) is 0 Å². The Balaban J connectivity index is 1.10. The van der Waals surface area contributed by atoms with Crippen LogP contribution in [0, 0.1) is 39.4 Å². The molecular weight excluding hydrogens is 869 g/mol. The van der Waals surface area contributed by atoms with Gasteiger partial charge in [-0.1, -0.05) is 94.4 Å². The van der Waals surface area contributed by atoms with E-state index < -0.39 is 0 Å². The van der Waals surface area contributed by atoms with Gasteiger partial charge in [0, 0.05) is 77.5 Å². The Hall–Kier alpha value is -4.38. The quantitative estimate of drug-likeness (QED) is 0.0439. The van der Waals surface area contributed by atoms with Crippen molar-refractivity contribution in [1.82, 2.24) is 52.3 Å². The van der Waals surface area contributed by atoms with Gasteiger partial charge in [-0.2, -0.15) is 0 Å². The summed E-state index contributed by atoms with van der Waals surface area (Å²) in [6.07, 6.45) is 12.3. The van der Waals surface area contributed by atoms with E-state index in [0.29, 0.717) is 96.4 Å². The van der Waals surface area contributed by atoms with E-state index in [9.17, 15) is 28.8 Å². The summed E-state index contributed by atoms with van der Waals surface area (Å²) >= 11 is 0. The maximum Gasteiger partial charge on any atom is 0.407 e. The zero-order chi connectivity index (χ0) is 50.0. The van der Waals surface area contributed by atoms with Crippen LogP contribution in [0.5, 0.6) is 0 Å². The summed E-state index contributed by atoms with van der Waals surface area (Å²) in [5.74, 6) is 1.48. The molecule has 2 heterocycles. The second-order valence-corrected chi connectivity index (χ2v) is 22.9. The van der Waals surface area contributed by atoms with Gasteiger partial charge in [0.25, 0.3) is 0 Å². The van der Waals surface area contributed by atoms with Gasteiger partial charge in [0.2, 0.25) is 0 Å². The van der Waals surface area contributed by atoms with Crippen molar-refractivity contribution >= 4 is 36.3 Å². The predicted octanol–water partition coefficient (Wildman–Crippen LogP) is 7.29. The normalized spacial score (nSPS) is 25.5. The molecule has 2 saturated heterocycles. The minimum Gasteiger partial charge on any atom is -0.450 e. The van der Waals surface area contributed by atoms with Crippen LogP contribution in [-0.2, 0) is 9.47 Å². The Kier molecular flexibility index (Phi) is 22.0. The molecule has 0 aromatic rings. The number of carbonyl (C=O) groups excluding carboxylic acids is 6. The Bertz CT molecular complexity index is 1650. The van der Waals surface area contributed by atoms with Crippen LogP contribution in [0.25, 0.3) is 0 Å². The monoisotopic (exact) mass is 961 g/mol. The third-order valence-corrected chi connectivity index (χ3v) is 15.0. The van der Waals surface area contributed by atoms with Gasteiger partial charge in [-0.05, 0) is 97.2 Å². The molecule has 390 valence electrons. The van der Waals surface area contributed by atoms with Crippen LogP contribution in [0.4, 0.5) is 28.8 Å². The standard InChI is InChI=1S/C50H92N10O8/c1-10-36(15-25-67-45(65)57-39-28-47(4,5)32-49(8,30-39)34-55-41(61)51-17-21-59-23-19-53-43(59)63)13-14-37(11-2)27-38(12-3)16-26-68-46(66)58-40-29-48(6,7)33-50(9,31-40)35-56-42(62)52-18-22-60-24-20-54-44(60)64/h36-40H,10-35H2,1-9H3,(H,53,63)(H,54,64)(H,57,65)(H,58,66)(H2,51,55,61)(H2,52,56,62). The molecule has 4 rings (SSSR count). The second-order valence-electron chi connectivity index (χ2n) is 22.9. The highest BCUT2D eigenvalue weighted by atomic mass is 16.6. The van der Waals surface area contributed by atoms with Gasteiger partial charge < -0.3 is 61.8 Å². The van der Waals surface area contributed by atoms with Crippen LogP contribution >= 0.6 is 0 Å². The summed E-state index contributed by atoms with van der Waals surface area (Å²) in [5, 5.41) is 23.6. The van der Waals surface area contributed by atoms with Crippen molar-refractivity contribution in [3.8, 4) is 0 Å². The fourth-order valence-corrected chi connectivity index (χ4v) is 12.0. The summed E-state index contributed by atoms with van der Waals surface area (Å²) in [5.41, 5.74) is -0.461. The molecule has 7 atom stereocenters. The van der Waals surface area contributed by atoms with Crippen molar-refractivity contribution in [3.05, 3.63) is 0 Å². The fourth-order valence-electron chi connectivity index (χ4n) is 12.0. The molecule has 7 unspecified atom stereocenters. The molecule has 8 N–H and O–H groups in total. The van der Waals surface area contributed by atoms with E-state index in [2.05, 4.69) is 105 Å². The average molecular weight is 961 g/mol. The number of nitrogens with zero attached hydrogens (tertiary/aromatic N) is 2. The third-order valence-electron chi connectivity index (χ3n) is 15.0. The molecule has 18 nitrogen and oxygen atoms in total. The molecule has 0 spiro atoms. The summed E-state index contributed by atoms with van der Waals surface area (Å²) in [6, 6.07) is -0.831. The lowest BCUT2D eigenvalue weighted by molar-refractivity contribution is 0.0646. The van der Waals surface area contributed by atoms with Gasteiger partial charge in [0.1, 0.15) is 0 Å². The molecule has 10 amide bonds. The van der Waals surface area contributed by atoms with Crippen molar-refractivity contribution in [3.63, 3.8) is 0 Å². The van der Waals surface area contributed by atoms with Crippen LogP contribution in [0.2, 0.25) is 0 Å². The Morgan fingerprint density at radius 2 is 0.985 bits per heavy atom. The van der Waals surface area contributed by atoms with E-state index in [1.54, 1.807) is 9.80 Å². The minimum atomic E-state index is -0.381. The topological polar surface area (TPSA) is 224 Å². The molecule has 0 aromatic carbocycles. The summed E-state index contributed by atoms with van der Waals surface area (Å²) in [7, 11) is 0.